The molecule has 0 N–H and O–H groups in total. The normalized spacial score (nSPS) is 10.3. The van der Waals surface area contributed by atoms with Gasteiger partial charge in [0, 0.05) is 11.5 Å². The van der Waals surface area contributed by atoms with Crippen LogP contribution in [-0.2, 0) is 0 Å². The fraction of sp³-hybridized carbons (Fsp3) is 0.0833. The summed E-state index contributed by atoms with van der Waals surface area (Å²) in [4.78, 5) is 11.0. The average Bonchev–Trinajstić information content (AvgIpc) is 2.29. The van der Waals surface area contributed by atoms with Crippen LogP contribution < -0.4 is 4.74 Å². The quantitative estimate of drug-likeness (QED) is 0.726. The Labute approximate surface area is 92.4 Å². The van der Waals surface area contributed by atoms with Gasteiger partial charge in [0.05, 0.1) is 17.7 Å². The molecule has 0 atom stereocenters. The van der Waals surface area contributed by atoms with E-state index < -0.39 is 0 Å². The first-order valence-electron chi connectivity index (χ1n) is 4.48. The Balaban J connectivity index is 2.91. The Morgan fingerprint density at radius 3 is 2.53 bits per heavy atom. The summed E-state index contributed by atoms with van der Waals surface area (Å²) in [6.45, 7) is 0. The fourth-order valence-electron chi connectivity index (χ4n) is 1.62. The fourth-order valence-corrected chi connectivity index (χ4v) is 1.88. The van der Waals surface area contributed by atoms with Crippen molar-refractivity contribution in [2.24, 2.45) is 0 Å². The largest absolute Gasteiger partial charge is 0.496 e. The standard InChI is InChI=1S/C12H9ClO2/c1-15-12-6-11(13)9-5-3-2-4-8(9)10(12)7-14/h2-7H,1H3. The molecule has 0 aliphatic carbocycles. The van der Waals surface area contributed by atoms with Crippen molar-refractivity contribution in [1.82, 2.24) is 0 Å². The SMILES string of the molecule is COc1cc(Cl)c2ccccc2c1C=O. The van der Waals surface area contributed by atoms with E-state index in [4.69, 9.17) is 16.3 Å². The summed E-state index contributed by atoms with van der Waals surface area (Å²) in [5, 5.41) is 2.27. The van der Waals surface area contributed by atoms with Crippen LogP contribution in [0.4, 0.5) is 0 Å². The van der Waals surface area contributed by atoms with Crippen molar-refractivity contribution < 1.29 is 9.53 Å². The maximum absolute atomic E-state index is 11.0. The van der Waals surface area contributed by atoms with Gasteiger partial charge in [-0.05, 0) is 5.39 Å². The number of methoxy groups -OCH3 is 1. The summed E-state index contributed by atoms with van der Waals surface area (Å²) < 4.78 is 5.11. The average molecular weight is 221 g/mol. The van der Waals surface area contributed by atoms with Crippen molar-refractivity contribution in [3.63, 3.8) is 0 Å². The van der Waals surface area contributed by atoms with Crippen molar-refractivity contribution in [1.29, 1.82) is 0 Å². The van der Waals surface area contributed by atoms with Crippen LogP contribution in [0, 0.1) is 0 Å². The number of ether oxygens (including phenoxy) is 1. The molecule has 2 nitrogen and oxygen atoms in total. The van der Waals surface area contributed by atoms with Gasteiger partial charge in [-0.1, -0.05) is 35.9 Å². The third kappa shape index (κ3) is 1.57. The Morgan fingerprint density at radius 2 is 1.93 bits per heavy atom. The van der Waals surface area contributed by atoms with Gasteiger partial charge >= 0.3 is 0 Å². The van der Waals surface area contributed by atoms with E-state index in [1.165, 1.54) is 7.11 Å². The molecule has 76 valence electrons. The predicted molar refractivity (Wildman–Crippen MR) is 60.9 cm³/mol. The van der Waals surface area contributed by atoms with Crippen LogP contribution >= 0.6 is 11.6 Å². The van der Waals surface area contributed by atoms with Gasteiger partial charge in [-0.15, -0.1) is 0 Å². The highest BCUT2D eigenvalue weighted by Gasteiger charge is 2.10. The van der Waals surface area contributed by atoms with Crippen molar-refractivity contribution in [3.05, 3.63) is 40.9 Å². The second-order valence-corrected chi connectivity index (χ2v) is 3.54. The molecule has 0 fully saturated rings. The Morgan fingerprint density at radius 1 is 1.27 bits per heavy atom. The van der Waals surface area contributed by atoms with E-state index in [9.17, 15) is 4.79 Å². The van der Waals surface area contributed by atoms with Crippen LogP contribution in [-0.4, -0.2) is 13.4 Å². The zero-order chi connectivity index (χ0) is 10.8. The number of hydrogen-bond acceptors (Lipinski definition) is 2. The predicted octanol–water partition coefficient (Wildman–Crippen LogP) is 3.31. The molecule has 2 aromatic rings. The zero-order valence-electron chi connectivity index (χ0n) is 8.16. The maximum atomic E-state index is 11.0. The molecule has 3 heteroatoms. The molecular weight excluding hydrogens is 212 g/mol. The molecule has 0 heterocycles. The summed E-state index contributed by atoms with van der Waals surface area (Å²) in [6, 6.07) is 9.14. The number of carbonyl (C=O) groups is 1. The van der Waals surface area contributed by atoms with E-state index in [0.29, 0.717) is 16.3 Å². The maximum Gasteiger partial charge on any atom is 0.154 e. The first-order chi connectivity index (χ1) is 7.27. The van der Waals surface area contributed by atoms with Gasteiger partial charge in [-0.3, -0.25) is 4.79 Å². The van der Waals surface area contributed by atoms with Crippen LogP contribution in [0.15, 0.2) is 30.3 Å². The first kappa shape index (κ1) is 9.99. The van der Waals surface area contributed by atoms with E-state index in [0.717, 1.165) is 17.1 Å². The minimum atomic E-state index is 0.508. The van der Waals surface area contributed by atoms with Gasteiger partial charge in [0.1, 0.15) is 5.75 Å². The van der Waals surface area contributed by atoms with Crippen molar-refractivity contribution >= 4 is 28.7 Å². The number of rotatable bonds is 2. The van der Waals surface area contributed by atoms with Crippen LogP contribution in [0.5, 0.6) is 5.75 Å². The molecule has 2 rings (SSSR count). The molecule has 15 heavy (non-hydrogen) atoms. The molecule has 0 aromatic heterocycles. The van der Waals surface area contributed by atoms with Crippen molar-refractivity contribution in [2.75, 3.05) is 7.11 Å². The minimum Gasteiger partial charge on any atom is -0.496 e. The lowest BCUT2D eigenvalue weighted by Gasteiger charge is -2.08. The third-order valence-corrected chi connectivity index (χ3v) is 2.65. The van der Waals surface area contributed by atoms with Crippen LogP contribution in [0.2, 0.25) is 5.02 Å². The van der Waals surface area contributed by atoms with E-state index in [-0.39, 0.29) is 0 Å². The highest BCUT2D eigenvalue weighted by Crippen LogP contribution is 2.32. The number of aldehydes is 1. The Kier molecular flexibility index (Phi) is 2.60. The molecule has 0 saturated heterocycles. The summed E-state index contributed by atoms with van der Waals surface area (Å²) in [7, 11) is 1.52. The summed E-state index contributed by atoms with van der Waals surface area (Å²) in [5.74, 6) is 0.508. The lowest BCUT2D eigenvalue weighted by atomic mass is 10.0. The van der Waals surface area contributed by atoms with E-state index in [2.05, 4.69) is 0 Å². The number of hydrogen-bond donors (Lipinski definition) is 0. The van der Waals surface area contributed by atoms with E-state index >= 15 is 0 Å². The van der Waals surface area contributed by atoms with Crippen molar-refractivity contribution in [3.8, 4) is 5.75 Å². The van der Waals surface area contributed by atoms with Gasteiger partial charge < -0.3 is 4.74 Å². The molecule has 0 unspecified atom stereocenters. The van der Waals surface area contributed by atoms with Gasteiger partial charge in [0.15, 0.2) is 6.29 Å². The monoisotopic (exact) mass is 220 g/mol. The van der Waals surface area contributed by atoms with Crippen LogP contribution in [0.25, 0.3) is 10.8 Å². The smallest absolute Gasteiger partial charge is 0.154 e. The second kappa shape index (κ2) is 3.91. The molecular formula is C12H9ClO2. The second-order valence-electron chi connectivity index (χ2n) is 3.14. The van der Waals surface area contributed by atoms with Gasteiger partial charge in [0.25, 0.3) is 0 Å². The van der Waals surface area contributed by atoms with E-state index in [1.807, 2.05) is 24.3 Å². The topological polar surface area (TPSA) is 26.3 Å². The summed E-state index contributed by atoms with van der Waals surface area (Å²) >= 11 is 6.07. The van der Waals surface area contributed by atoms with E-state index in [1.54, 1.807) is 6.07 Å². The lowest BCUT2D eigenvalue weighted by molar-refractivity contribution is 0.112. The summed E-state index contributed by atoms with van der Waals surface area (Å²) in [5.41, 5.74) is 0.539. The van der Waals surface area contributed by atoms with Gasteiger partial charge in [0.2, 0.25) is 0 Å². The summed E-state index contributed by atoms with van der Waals surface area (Å²) in [6.07, 6.45) is 0.789. The highest BCUT2D eigenvalue weighted by molar-refractivity contribution is 6.36. The molecule has 0 saturated carbocycles. The minimum absolute atomic E-state index is 0.508. The van der Waals surface area contributed by atoms with Crippen LogP contribution in [0.3, 0.4) is 0 Å². The Hall–Kier alpha value is -1.54. The molecule has 0 amide bonds. The number of fused-ring (bicyclic) bond motifs is 1. The lowest BCUT2D eigenvalue weighted by Crippen LogP contribution is -1.92. The number of benzene rings is 2. The molecule has 0 aliphatic heterocycles. The Bertz CT molecular complexity index is 520. The first-order valence-corrected chi connectivity index (χ1v) is 4.86. The van der Waals surface area contributed by atoms with Gasteiger partial charge in [-0.2, -0.15) is 0 Å². The van der Waals surface area contributed by atoms with Crippen molar-refractivity contribution in [2.45, 2.75) is 0 Å². The molecule has 0 radical (unpaired) electrons. The number of carbonyl (C=O) groups excluding carboxylic acids is 1. The van der Waals surface area contributed by atoms with Gasteiger partial charge in [-0.25, -0.2) is 0 Å². The molecule has 0 aliphatic rings. The molecule has 0 bridgehead atoms. The zero-order valence-corrected chi connectivity index (χ0v) is 8.91. The molecule has 2 aromatic carbocycles. The molecule has 0 spiro atoms. The third-order valence-electron chi connectivity index (χ3n) is 2.34. The van der Waals surface area contributed by atoms with Crippen LogP contribution in [0.1, 0.15) is 10.4 Å². The number of halogens is 1. The highest BCUT2D eigenvalue weighted by atomic mass is 35.5.